The van der Waals surface area contributed by atoms with Crippen molar-refractivity contribution in [2.75, 3.05) is 5.88 Å². The zero-order valence-corrected chi connectivity index (χ0v) is 8.30. The molecule has 1 rings (SSSR count). The van der Waals surface area contributed by atoms with Crippen LogP contribution in [0, 0.1) is 0 Å². The van der Waals surface area contributed by atoms with Gasteiger partial charge in [0.25, 0.3) is 0 Å². The first kappa shape index (κ1) is 10.1. The van der Waals surface area contributed by atoms with Crippen molar-refractivity contribution in [3.63, 3.8) is 0 Å². The second kappa shape index (κ2) is 6.54. The molecule has 0 saturated heterocycles. The number of unbranched alkanes of at least 4 members (excludes halogenated alkanes) is 1. The van der Waals surface area contributed by atoms with Gasteiger partial charge in [0, 0.05) is 5.88 Å². The van der Waals surface area contributed by atoms with E-state index in [0.29, 0.717) is 0 Å². The Morgan fingerprint density at radius 3 is 2.69 bits per heavy atom. The standard InChI is InChI=1S/C12H13Cl/c13-11-7-2-1-4-8-12-9-5-3-6-10-12/h1,3,5-6,8-10H,2,7,11H2. The lowest BCUT2D eigenvalue weighted by Crippen LogP contribution is -1.69. The molecule has 68 valence electrons. The molecule has 0 heterocycles. The maximum Gasteiger partial charge on any atom is 0.0226 e. The van der Waals surface area contributed by atoms with Crippen molar-refractivity contribution < 1.29 is 0 Å². The van der Waals surface area contributed by atoms with E-state index < -0.39 is 0 Å². The van der Waals surface area contributed by atoms with Crippen LogP contribution in [0.3, 0.4) is 0 Å². The molecule has 1 aromatic carbocycles. The molecule has 0 saturated carbocycles. The maximum absolute atomic E-state index is 5.54. The molecular formula is C12H13Cl. The highest BCUT2D eigenvalue weighted by atomic mass is 35.5. The molecule has 0 aromatic heterocycles. The Morgan fingerprint density at radius 1 is 1.23 bits per heavy atom. The summed E-state index contributed by atoms with van der Waals surface area (Å²) >= 11 is 5.54. The van der Waals surface area contributed by atoms with Crippen molar-refractivity contribution in [1.82, 2.24) is 0 Å². The lowest BCUT2D eigenvalue weighted by molar-refractivity contribution is 0.968. The van der Waals surface area contributed by atoms with Crippen molar-refractivity contribution in [3.05, 3.63) is 47.7 Å². The largest absolute Gasteiger partial charge is 0.127 e. The Kier molecular flexibility index (Phi) is 5.08. The predicted octanol–water partition coefficient (Wildman–Crippen LogP) is 3.87. The van der Waals surface area contributed by atoms with Crippen LogP contribution in [0.2, 0.25) is 0 Å². The molecule has 0 N–H and O–H groups in total. The highest BCUT2D eigenvalue weighted by molar-refractivity contribution is 6.17. The first-order valence-electron chi connectivity index (χ1n) is 4.45. The average molecular weight is 193 g/mol. The molecule has 1 aromatic rings. The van der Waals surface area contributed by atoms with E-state index in [4.69, 9.17) is 11.6 Å². The Morgan fingerprint density at radius 2 is 2.00 bits per heavy atom. The van der Waals surface area contributed by atoms with Crippen molar-refractivity contribution in [2.24, 2.45) is 0 Å². The summed E-state index contributed by atoms with van der Waals surface area (Å²) in [6.07, 6.45) is 6.04. The second-order valence-corrected chi connectivity index (χ2v) is 3.13. The van der Waals surface area contributed by atoms with Crippen molar-refractivity contribution in [2.45, 2.75) is 12.8 Å². The van der Waals surface area contributed by atoms with Gasteiger partial charge in [-0.2, -0.15) is 0 Å². The molecule has 0 atom stereocenters. The van der Waals surface area contributed by atoms with E-state index >= 15 is 0 Å². The van der Waals surface area contributed by atoms with Crippen LogP contribution in [0.4, 0.5) is 0 Å². The number of rotatable bonds is 4. The minimum Gasteiger partial charge on any atom is -0.127 e. The molecule has 0 fully saturated rings. The van der Waals surface area contributed by atoms with Gasteiger partial charge in [0.2, 0.25) is 0 Å². The molecule has 0 aliphatic carbocycles. The molecule has 0 amide bonds. The highest BCUT2D eigenvalue weighted by Gasteiger charge is 1.80. The van der Waals surface area contributed by atoms with E-state index in [1.54, 1.807) is 0 Å². The predicted molar refractivity (Wildman–Crippen MR) is 58.9 cm³/mol. The van der Waals surface area contributed by atoms with Gasteiger partial charge in [-0.05, 0) is 30.6 Å². The van der Waals surface area contributed by atoms with E-state index in [1.807, 2.05) is 30.4 Å². The first-order valence-corrected chi connectivity index (χ1v) is 4.99. The highest BCUT2D eigenvalue weighted by Crippen LogP contribution is 2.00. The molecule has 1 heteroatoms. The molecule has 13 heavy (non-hydrogen) atoms. The van der Waals surface area contributed by atoms with Crippen LogP contribution in [0.15, 0.2) is 42.1 Å². The first-order chi connectivity index (χ1) is 6.43. The fourth-order valence-corrected chi connectivity index (χ4v) is 1.12. The summed E-state index contributed by atoms with van der Waals surface area (Å²) in [5.41, 5.74) is 4.31. The Labute approximate surface area is 84.5 Å². The normalized spacial score (nSPS) is 9.00. The fraction of sp³-hybridized carbons (Fsp3) is 0.250. The number of halogens is 1. The number of hydrogen-bond acceptors (Lipinski definition) is 0. The summed E-state index contributed by atoms with van der Waals surface area (Å²) in [7, 11) is 0. The molecule has 0 aliphatic rings. The Hall–Kier alpha value is -0.970. The average Bonchev–Trinajstić information content (AvgIpc) is 2.19. The van der Waals surface area contributed by atoms with E-state index in [1.165, 1.54) is 5.56 Å². The van der Waals surface area contributed by atoms with E-state index in [-0.39, 0.29) is 0 Å². The summed E-state index contributed by atoms with van der Waals surface area (Å²) in [6, 6.07) is 10.2. The summed E-state index contributed by atoms with van der Waals surface area (Å²) in [6.45, 7) is 0. The molecule has 0 radical (unpaired) electrons. The molecule has 0 aliphatic heterocycles. The minimum absolute atomic E-state index is 0.726. The molecule has 0 bridgehead atoms. The zero-order chi connectivity index (χ0) is 9.36. The van der Waals surface area contributed by atoms with Gasteiger partial charge in [0.05, 0.1) is 0 Å². The third kappa shape index (κ3) is 4.57. The Bertz CT molecular complexity index is 281. The third-order valence-electron chi connectivity index (χ3n) is 1.65. The number of alkyl halides is 1. The SMILES string of the molecule is ClCCCC=C=Cc1ccccc1. The third-order valence-corrected chi connectivity index (χ3v) is 1.92. The van der Waals surface area contributed by atoms with Crippen LogP contribution in [-0.4, -0.2) is 5.88 Å². The molecule has 0 nitrogen and oxygen atoms in total. The lowest BCUT2D eigenvalue weighted by Gasteiger charge is -1.87. The minimum atomic E-state index is 0.726. The van der Waals surface area contributed by atoms with Crippen LogP contribution in [-0.2, 0) is 0 Å². The summed E-state index contributed by atoms with van der Waals surface area (Å²) in [4.78, 5) is 0. The smallest absolute Gasteiger partial charge is 0.0226 e. The van der Waals surface area contributed by atoms with E-state index in [9.17, 15) is 0 Å². The van der Waals surface area contributed by atoms with Gasteiger partial charge in [-0.1, -0.05) is 30.3 Å². The second-order valence-electron chi connectivity index (χ2n) is 2.76. The van der Waals surface area contributed by atoms with Crippen LogP contribution in [0.1, 0.15) is 18.4 Å². The van der Waals surface area contributed by atoms with Gasteiger partial charge in [0.15, 0.2) is 0 Å². The van der Waals surface area contributed by atoms with E-state index in [0.717, 1.165) is 18.7 Å². The molecule has 0 unspecified atom stereocenters. The lowest BCUT2D eigenvalue weighted by atomic mass is 10.2. The molecule has 0 spiro atoms. The van der Waals surface area contributed by atoms with Crippen LogP contribution >= 0.6 is 11.6 Å². The topological polar surface area (TPSA) is 0 Å². The van der Waals surface area contributed by atoms with Crippen molar-refractivity contribution in [1.29, 1.82) is 0 Å². The Balaban J connectivity index is 2.44. The number of benzene rings is 1. The fourth-order valence-electron chi connectivity index (χ4n) is 0.967. The van der Waals surface area contributed by atoms with Gasteiger partial charge < -0.3 is 0 Å². The monoisotopic (exact) mass is 192 g/mol. The van der Waals surface area contributed by atoms with E-state index in [2.05, 4.69) is 17.9 Å². The number of allylic oxidation sites excluding steroid dienone is 1. The molecular weight excluding hydrogens is 180 g/mol. The van der Waals surface area contributed by atoms with Crippen LogP contribution in [0.25, 0.3) is 6.08 Å². The zero-order valence-electron chi connectivity index (χ0n) is 7.54. The van der Waals surface area contributed by atoms with Gasteiger partial charge in [-0.3, -0.25) is 0 Å². The van der Waals surface area contributed by atoms with Crippen LogP contribution < -0.4 is 0 Å². The summed E-state index contributed by atoms with van der Waals surface area (Å²) in [5, 5.41) is 0. The van der Waals surface area contributed by atoms with Gasteiger partial charge >= 0.3 is 0 Å². The summed E-state index contributed by atoms with van der Waals surface area (Å²) in [5.74, 6) is 0.726. The van der Waals surface area contributed by atoms with Gasteiger partial charge in [0.1, 0.15) is 0 Å². The van der Waals surface area contributed by atoms with Crippen molar-refractivity contribution in [3.8, 4) is 0 Å². The number of hydrogen-bond donors (Lipinski definition) is 0. The quantitative estimate of drug-likeness (QED) is 0.386. The van der Waals surface area contributed by atoms with Gasteiger partial charge in [-0.25, -0.2) is 0 Å². The van der Waals surface area contributed by atoms with Crippen LogP contribution in [0.5, 0.6) is 0 Å². The summed E-state index contributed by atoms with van der Waals surface area (Å²) < 4.78 is 0. The van der Waals surface area contributed by atoms with Gasteiger partial charge in [-0.15, -0.1) is 17.3 Å². The maximum atomic E-state index is 5.54. The van der Waals surface area contributed by atoms with Crippen molar-refractivity contribution >= 4 is 17.7 Å².